The number of carboxylic acids is 1. The van der Waals surface area contributed by atoms with Gasteiger partial charge in [-0.05, 0) is 25.3 Å². The Bertz CT molecular complexity index is 289. The number of hydrogen-bond acceptors (Lipinski definition) is 3. The van der Waals surface area contributed by atoms with Crippen LogP contribution in [0, 0.1) is 5.92 Å². The largest absolute Gasteiger partial charge is 0.480 e. The highest BCUT2D eigenvalue weighted by Crippen LogP contribution is 2.47. The van der Waals surface area contributed by atoms with Crippen molar-refractivity contribution in [3.63, 3.8) is 0 Å². The minimum Gasteiger partial charge on any atom is -0.480 e. The standard InChI is InChI=1S/C8H16NO5P/c1-5(15(12,13)14)6-2-3-9-7(4-6)8(10)11/h5-7,9H,2-4H2,1H3,(H,10,11)(H2,12,13,14)/t5?,6-,7+/m1/s1. The highest BCUT2D eigenvalue weighted by Gasteiger charge is 2.36. The maximum Gasteiger partial charge on any atom is 0.328 e. The van der Waals surface area contributed by atoms with Crippen molar-refractivity contribution in [2.24, 2.45) is 5.92 Å². The average molecular weight is 237 g/mol. The number of rotatable bonds is 3. The summed E-state index contributed by atoms with van der Waals surface area (Å²) in [6.45, 7) is 1.97. The zero-order valence-corrected chi connectivity index (χ0v) is 9.35. The SMILES string of the molecule is CC([C@@H]1CCN[C@H](C(=O)O)C1)P(=O)(O)O. The van der Waals surface area contributed by atoms with Gasteiger partial charge in [0.15, 0.2) is 0 Å². The highest BCUT2D eigenvalue weighted by molar-refractivity contribution is 7.52. The third kappa shape index (κ3) is 3.28. The molecule has 0 spiro atoms. The van der Waals surface area contributed by atoms with Gasteiger partial charge in [0, 0.05) is 0 Å². The summed E-state index contributed by atoms with van der Waals surface area (Å²) in [5, 5.41) is 11.6. The summed E-state index contributed by atoms with van der Waals surface area (Å²) in [4.78, 5) is 28.7. The molecule has 0 saturated carbocycles. The number of carboxylic acid groups (broad SMARTS) is 1. The van der Waals surface area contributed by atoms with Crippen molar-refractivity contribution < 1.29 is 24.3 Å². The summed E-state index contributed by atoms with van der Waals surface area (Å²) >= 11 is 0. The fourth-order valence-electron chi connectivity index (χ4n) is 1.85. The summed E-state index contributed by atoms with van der Waals surface area (Å²) in [6, 6.07) is -0.683. The predicted octanol–water partition coefficient (Wildman–Crippen LogP) is 0.00540. The van der Waals surface area contributed by atoms with E-state index in [1.165, 1.54) is 6.92 Å². The first-order valence-electron chi connectivity index (χ1n) is 4.83. The quantitative estimate of drug-likeness (QED) is 0.515. The maximum absolute atomic E-state index is 11.0. The van der Waals surface area contributed by atoms with Crippen LogP contribution in [0.3, 0.4) is 0 Å². The molecule has 1 aliphatic rings. The van der Waals surface area contributed by atoms with Crippen LogP contribution in [-0.4, -0.2) is 39.1 Å². The Balaban J connectivity index is 2.64. The maximum atomic E-state index is 11.0. The van der Waals surface area contributed by atoms with Crippen LogP contribution in [0.5, 0.6) is 0 Å². The number of piperidine rings is 1. The Hall–Kier alpha value is -0.420. The van der Waals surface area contributed by atoms with E-state index in [4.69, 9.17) is 14.9 Å². The Morgan fingerprint density at radius 1 is 1.53 bits per heavy atom. The van der Waals surface area contributed by atoms with Gasteiger partial charge in [0.1, 0.15) is 6.04 Å². The zero-order valence-electron chi connectivity index (χ0n) is 8.46. The molecule has 1 heterocycles. The Kier molecular flexibility index (Phi) is 3.89. The molecule has 7 heteroatoms. The van der Waals surface area contributed by atoms with Crippen LogP contribution in [0.2, 0.25) is 0 Å². The van der Waals surface area contributed by atoms with Crippen LogP contribution in [0.4, 0.5) is 0 Å². The number of aliphatic carboxylic acids is 1. The molecule has 88 valence electrons. The van der Waals surface area contributed by atoms with Crippen LogP contribution in [0.1, 0.15) is 19.8 Å². The lowest BCUT2D eigenvalue weighted by atomic mass is 9.90. The summed E-state index contributed by atoms with van der Waals surface area (Å²) < 4.78 is 11.0. The molecular formula is C8H16NO5P. The van der Waals surface area contributed by atoms with Gasteiger partial charge in [0.05, 0.1) is 5.66 Å². The first kappa shape index (κ1) is 12.6. The highest BCUT2D eigenvalue weighted by atomic mass is 31.2. The van der Waals surface area contributed by atoms with Gasteiger partial charge >= 0.3 is 13.6 Å². The number of carbonyl (C=O) groups is 1. The van der Waals surface area contributed by atoms with Crippen LogP contribution >= 0.6 is 7.60 Å². The van der Waals surface area contributed by atoms with E-state index in [-0.39, 0.29) is 12.3 Å². The van der Waals surface area contributed by atoms with Crippen molar-refractivity contribution in [3.8, 4) is 0 Å². The Morgan fingerprint density at radius 3 is 2.60 bits per heavy atom. The van der Waals surface area contributed by atoms with Gasteiger partial charge in [-0.3, -0.25) is 9.36 Å². The first-order chi connectivity index (χ1) is 6.82. The molecule has 4 N–H and O–H groups in total. The fraction of sp³-hybridized carbons (Fsp3) is 0.875. The summed E-state index contributed by atoms with van der Waals surface area (Å²) in [5.41, 5.74) is -0.763. The second-order valence-corrected chi connectivity index (χ2v) is 5.95. The van der Waals surface area contributed by atoms with Gasteiger partial charge in [-0.2, -0.15) is 0 Å². The number of hydrogen-bond donors (Lipinski definition) is 4. The smallest absolute Gasteiger partial charge is 0.328 e. The zero-order chi connectivity index (χ0) is 11.6. The molecule has 1 aliphatic heterocycles. The van der Waals surface area contributed by atoms with E-state index in [9.17, 15) is 9.36 Å². The van der Waals surface area contributed by atoms with Gasteiger partial charge in [-0.15, -0.1) is 0 Å². The molecule has 0 aromatic carbocycles. The fourth-order valence-corrected chi connectivity index (χ4v) is 2.67. The van der Waals surface area contributed by atoms with Crippen molar-refractivity contribution in [2.45, 2.75) is 31.5 Å². The van der Waals surface area contributed by atoms with Gasteiger partial charge in [0.25, 0.3) is 0 Å². The Labute approximate surface area is 87.8 Å². The lowest BCUT2D eigenvalue weighted by Gasteiger charge is -2.32. The summed E-state index contributed by atoms with van der Waals surface area (Å²) in [7, 11) is -4.10. The van der Waals surface area contributed by atoms with E-state index >= 15 is 0 Å². The molecule has 0 aliphatic carbocycles. The molecule has 3 atom stereocenters. The molecule has 0 amide bonds. The lowest BCUT2D eigenvalue weighted by molar-refractivity contribution is -0.140. The van der Waals surface area contributed by atoms with E-state index in [1.807, 2.05) is 0 Å². The van der Waals surface area contributed by atoms with Crippen molar-refractivity contribution in [3.05, 3.63) is 0 Å². The molecular weight excluding hydrogens is 221 g/mol. The molecule has 1 unspecified atom stereocenters. The average Bonchev–Trinajstić information content (AvgIpc) is 2.15. The second kappa shape index (κ2) is 4.61. The van der Waals surface area contributed by atoms with Crippen molar-refractivity contribution in [1.82, 2.24) is 5.32 Å². The van der Waals surface area contributed by atoms with Crippen molar-refractivity contribution in [2.75, 3.05) is 6.54 Å². The third-order valence-corrected chi connectivity index (χ3v) is 4.44. The summed E-state index contributed by atoms with van der Waals surface area (Å²) in [6.07, 6.45) is 0.887. The van der Waals surface area contributed by atoms with Crippen LogP contribution in [0.25, 0.3) is 0 Å². The predicted molar refractivity (Wildman–Crippen MR) is 53.7 cm³/mol. The second-order valence-electron chi connectivity index (χ2n) is 3.96. The van der Waals surface area contributed by atoms with Gasteiger partial charge in [0.2, 0.25) is 0 Å². The van der Waals surface area contributed by atoms with Crippen LogP contribution in [-0.2, 0) is 9.36 Å². The molecule has 1 saturated heterocycles. The summed E-state index contributed by atoms with van der Waals surface area (Å²) in [5.74, 6) is -1.19. The molecule has 1 rings (SSSR count). The first-order valence-corrected chi connectivity index (χ1v) is 6.52. The van der Waals surface area contributed by atoms with Gasteiger partial charge < -0.3 is 20.2 Å². The van der Waals surface area contributed by atoms with E-state index in [0.717, 1.165) is 0 Å². The minimum absolute atomic E-state index is 0.229. The molecule has 15 heavy (non-hydrogen) atoms. The molecule has 0 aromatic rings. The third-order valence-electron chi connectivity index (χ3n) is 2.96. The van der Waals surface area contributed by atoms with Crippen LogP contribution < -0.4 is 5.32 Å². The molecule has 0 bridgehead atoms. The number of nitrogens with one attached hydrogen (secondary N) is 1. The van der Waals surface area contributed by atoms with Gasteiger partial charge in [-0.25, -0.2) is 0 Å². The van der Waals surface area contributed by atoms with E-state index in [2.05, 4.69) is 5.32 Å². The lowest BCUT2D eigenvalue weighted by Crippen LogP contribution is -2.45. The minimum atomic E-state index is -4.10. The van der Waals surface area contributed by atoms with E-state index in [0.29, 0.717) is 13.0 Å². The van der Waals surface area contributed by atoms with Crippen molar-refractivity contribution in [1.29, 1.82) is 0 Å². The normalized spacial score (nSPS) is 29.8. The monoisotopic (exact) mass is 237 g/mol. The molecule has 6 nitrogen and oxygen atoms in total. The van der Waals surface area contributed by atoms with Crippen molar-refractivity contribution >= 4 is 13.6 Å². The van der Waals surface area contributed by atoms with E-state index < -0.39 is 25.3 Å². The van der Waals surface area contributed by atoms with Gasteiger partial charge in [-0.1, -0.05) is 6.92 Å². The molecule has 0 radical (unpaired) electrons. The van der Waals surface area contributed by atoms with E-state index in [1.54, 1.807) is 0 Å². The molecule has 1 fully saturated rings. The topological polar surface area (TPSA) is 107 Å². The molecule has 0 aromatic heterocycles. The van der Waals surface area contributed by atoms with Crippen LogP contribution in [0.15, 0.2) is 0 Å². The Morgan fingerprint density at radius 2 is 2.13 bits per heavy atom.